The van der Waals surface area contributed by atoms with Crippen LogP contribution in [0.25, 0.3) is 0 Å². The third-order valence-electron chi connectivity index (χ3n) is 10.3. The minimum absolute atomic E-state index is 0. The van der Waals surface area contributed by atoms with Gasteiger partial charge in [0.25, 0.3) is 8.69 Å². The van der Waals surface area contributed by atoms with E-state index in [9.17, 15) is 38.4 Å². The summed E-state index contributed by atoms with van der Waals surface area (Å²) in [6, 6.07) is 0. The molecule has 0 radical (unpaired) electrons. The van der Waals surface area contributed by atoms with Crippen LogP contribution in [0.3, 0.4) is 0 Å². The molecule has 8 N–H and O–H groups in total. The summed E-state index contributed by atoms with van der Waals surface area (Å²) >= 11 is 0. The van der Waals surface area contributed by atoms with E-state index in [4.69, 9.17) is 69.3 Å². The number of cyclic esters (lactones) is 4. The van der Waals surface area contributed by atoms with Crippen LogP contribution in [0.2, 0.25) is 0 Å². The van der Waals surface area contributed by atoms with Gasteiger partial charge in [0.2, 0.25) is 0 Å². The van der Waals surface area contributed by atoms with Gasteiger partial charge in [0.1, 0.15) is 36.6 Å². The van der Waals surface area contributed by atoms with E-state index >= 15 is 0 Å². The Morgan fingerprint density at radius 3 is 1.61 bits per heavy atom. The maximum Gasteiger partial charge on any atom is 1.00 e. The fourth-order valence-electron chi connectivity index (χ4n) is 5.66. The van der Waals surface area contributed by atoms with Crippen LogP contribution in [-0.2, 0) is 61.9 Å². The van der Waals surface area contributed by atoms with Crippen LogP contribution in [0.15, 0.2) is 0 Å². The second-order valence-electron chi connectivity index (χ2n) is 15.7. The van der Waals surface area contributed by atoms with Crippen molar-refractivity contribution in [1.29, 1.82) is 0 Å². The van der Waals surface area contributed by atoms with Crippen molar-refractivity contribution in [3.63, 3.8) is 0 Å². The van der Waals surface area contributed by atoms with Gasteiger partial charge < -0.3 is 64.7 Å². The second-order valence-corrected chi connectivity index (χ2v) is 15.9. The Morgan fingerprint density at radius 2 is 1.22 bits per heavy atom. The fourth-order valence-corrected chi connectivity index (χ4v) is 5.66. The molecule has 22 nitrogen and oxygen atoms in total. The standard InChI is InChI=1S/C20H30O8.C12H18O8.C5H12O4.C3H6.Na.HO2P/c1-10-16-8-15(20(24)28-14(5)13(4)27-19(10)23)6-7-17(21)25-11(2)12(3)26-18(22)9-16;1-6(11(17)18)8(5-10(15)16)4-7(12(19)20)2-3-9(13)14;1-3(7)5(9)4(8)2-6;1-2-3-1;;1-3-2/h10-16H,6-9H2,1-5H3;6-8H,2-5H2,1H3,(H,13,14)(H,15,16)(H,17,18)(H,19,20);3-9H,2H2,1H3;1-3H2;;3H/q;;;;+1;. The molecule has 64 heavy (non-hydrogen) atoms. The van der Waals surface area contributed by atoms with Crippen molar-refractivity contribution in [3.8, 4) is 0 Å². The molecule has 0 aromatic rings. The van der Waals surface area contributed by atoms with E-state index in [0.29, 0.717) is 0 Å². The molecular weight excluding hydrogens is 886 g/mol. The van der Waals surface area contributed by atoms with E-state index in [0.717, 1.165) is 0 Å². The van der Waals surface area contributed by atoms with Crippen LogP contribution in [-0.4, -0.2) is 138 Å². The molecule has 1 saturated carbocycles. The first-order chi connectivity index (χ1) is 29.2. The van der Waals surface area contributed by atoms with Crippen LogP contribution in [0.5, 0.6) is 0 Å². The number of hydrogen-bond donors (Lipinski definition) is 8. The molecule has 2 heterocycles. The molecular formula is C40H67NaO22P+. The number of rotatable bonds is 13. The Morgan fingerprint density at radius 1 is 0.750 bits per heavy atom. The summed E-state index contributed by atoms with van der Waals surface area (Å²) in [4.78, 5) is 101. The molecule has 1 aliphatic carbocycles. The van der Waals surface area contributed by atoms with Gasteiger partial charge in [-0.2, -0.15) is 0 Å². The number of aliphatic hydroxyl groups is 4. The minimum atomic E-state index is -1.42. The summed E-state index contributed by atoms with van der Waals surface area (Å²) in [5, 5.41) is 69.4. The fraction of sp³-hybridized carbons (Fsp3) is 0.800. The van der Waals surface area contributed by atoms with Crippen molar-refractivity contribution in [2.24, 2.45) is 35.5 Å². The van der Waals surface area contributed by atoms with Gasteiger partial charge in [-0.3, -0.25) is 38.4 Å². The number of ether oxygens (including phenoxy) is 4. The molecule has 2 aliphatic heterocycles. The maximum atomic E-state index is 12.7. The first-order valence-corrected chi connectivity index (χ1v) is 21.4. The molecule has 2 bridgehead atoms. The van der Waals surface area contributed by atoms with Crippen LogP contribution < -0.4 is 34.5 Å². The molecule has 0 spiro atoms. The quantitative estimate of drug-likeness (QED) is 0.0449. The van der Waals surface area contributed by atoms with Gasteiger partial charge in [-0.25, -0.2) is 0 Å². The van der Waals surface area contributed by atoms with E-state index in [2.05, 4.69) is 0 Å². The van der Waals surface area contributed by atoms with Gasteiger partial charge in [0.15, 0.2) is 0 Å². The van der Waals surface area contributed by atoms with Gasteiger partial charge in [0.05, 0.1) is 36.4 Å². The number of carboxylic acid groups (broad SMARTS) is 4. The average molecular weight is 954 g/mol. The summed E-state index contributed by atoms with van der Waals surface area (Å²) in [5.41, 5.74) is 0. The van der Waals surface area contributed by atoms with Gasteiger partial charge in [-0.05, 0) is 72.1 Å². The molecule has 0 amide bonds. The smallest absolute Gasteiger partial charge is 0.597 e. The third kappa shape index (κ3) is 29.2. The summed E-state index contributed by atoms with van der Waals surface area (Å²) in [6.07, 6.45) is -2.16. The number of aliphatic hydroxyl groups excluding tert-OH is 4. The Bertz CT molecular complexity index is 1460. The number of fused-ring (bicyclic) bond motifs is 2. The monoisotopic (exact) mass is 953 g/mol. The van der Waals surface area contributed by atoms with Crippen molar-refractivity contribution >= 4 is 56.4 Å². The molecule has 3 aliphatic rings. The molecule has 0 aromatic carbocycles. The zero-order valence-electron chi connectivity index (χ0n) is 37.8. The van der Waals surface area contributed by atoms with Crippen molar-refractivity contribution in [2.45, 2.75) is 162 Å². The van der Waals surface area contributed by atoms with Gasteiger partial charge in [-0.15, -0.1) is 0 Å². The van der Waals surface area contributed by atoms with Crippen molar-refractivity contribution in [3.05, 3.63) is 0 Å². The second kappa shape index (κ2) is 34.9. The predicted molar refractivity (Wildman–Crippen MR) is 216 cm³/mol. The largest absolute Gasteiger partial charge is 1.00 e. The zero-order chi connectivity index (χ0) is 49.1. The Balaban J connectivity index is -0.000000894. The van der Waals surface area contributed by atoms with E-state index in [1.807, 2.05) is 0 Å². The summed E-state index contributed by atoms with van der Waals surface area (Å²) in [7, 11) is -1.42. The zero-order valence-corrected chi connectivity index (χ0v) is 40.8. The molecule has 14 atom stereocenters. The molecule has 2 saturated heterocycles. The summed E-state index contributed by atoms with van der Waals surface area (Å²) in [6.45, 7) is 10.4. The topological polar surface area (TPSA) is 375 Å². The predicted octanol–water partition coefficient (Wildman–Crippen LogP) is -1.54. The van der Waals surface area contributed by atoms with E-state index in [1.54, 1.807) is 34.6 Å². The number of carbonyl (C=O) groups excluding carboxylic acids is 4. The molecule has 14 unspecified atom stereocenters. The molecule has 24 heteroatoms. The van der Waals surface area contributed by atoms with E-state index in [-0.39, 0.29) is 74.5 Å². The number of hydrogen-bond acceptors (Lipinski definition) is 18. The van der Waals surface area contributed by atoms with E-state index < -0.39 is 148 Å². The Kier molecular flexibility index (Phi) is 35.4. The van der Waals surface area contributed by atoms with E-state index in [1.165, 1.54) is 33.1 Å². The Labute approximate surface area is 395 Å². The summed E-state index contributed by atoms with van der Waals surface area (Å²) < 4.78 is 29.9. The first kappa shape index (κ1) is 64.9. The number of esters is 4. The van der Waals surface area contributed by atoms with Crippen molar-refractivity contribution < 1.29 is 137 Å². The average Bonchev–Trinajstić information content (AvgIpc) is 4.08. The van der Waals surface area contributed by atoms with Crippen molar-refractivity contribution in [1.82, 2.24) is 0 Å². The normalized spacial score (nSPS) is 26.0. The molecule has 3 fully saturated rings. The Hall–Kier alpha value is -3.34. The van der Waals surface area contributed by atoms with Gasteiger partial charge in [-0.1, -0.05) is 37.7 Å². The number of carboxylic acids is 4. The van der Waals surface area contributed by atoms with Crippen LogP contribution in [0.4, 0.5) is 0 Å². The first-order valence-electron chi connectivity index (χ1n) is 20.6. The van der Waals surface area contributed by atoms with Crippen molar-refractivity contribution in [2.75, 3.05) is 6.61 Å². The number of carbonyl (C=O) groups is 8. The SMILES string of the molecule is C1CC1.CC(C(=O)O)C(CC(=O)O)CC(CCC(=O)O)C(=O)O.CC(O)C(O)C(O)CO.CC1OC(=O)CCC2CC(CC(=O)OC1C)C(C)C(=O)OC(C)C(C)OC2=O.O=[PH+][O-].[Na+]. The van der Waals surface area contributed by atoms with Crippen LogP contribution >= 0.6 is 8.69 Å². The third-order valence-corrected chi connectivity index (χ3v) is 10.3. The molecule has 3 rings (SSSR count). The molecule has 364 valence electrons. The van der Waals surface area contributed by atoms with Gasteiger partial charge >= 0.3 is 77.3 Å². The van der Waals surface area contributed by atoms with Gasteiger partial charge in [0, 0.05) is 25.7 Å². The molecule has 0 aromatic heterocycles. The minimum Gasteiger partial charge on any atom is -0.597 e. The maximum absolute atomic E-state index is 12.7. The van der Waals surface area contributed by atoms with Crippen LogP contribution in [0.1, 0.15) is 119 Å². The summed E-state index contributed by atoms with van der Waals surface area (Å²) in [5.74, 6) is -11.3. The van der Waals surface area contributed by atoms with Crippen LogP contribution in [0, 0.1) is 35.5 Å². The number of aliphatic carboxylic acids is 4.